The number of phenols is 1. The van der Waals surface area contributed by atoms with Gasteiger partial charge in [0.1, 0.15) is 5.75 Å². The maximum atomic E-state index is 9.32. The lowest BCUT2D eigenvalue weighted by molar-refractivity contribution is 0.187. The highest BCUT2D eigenvalue weighted by molar-refractivity contribution is 5.29. The monoisotopic (exact) mass is 218 g/mol. The zero-order chi connectivity index (χ0) is 11.7. The summed E-state index contributed by atoms with van der Waals surface area (Å²) >= 11 is 0. The predicted molar refractivity (Wildman–Crippen MR) is 67.6 cm³/mol. The third-order valence-electron chi connectivity index (χ3n) is 4.28. The van der Waals surface area contributed by atoms with E-state index in [4.69, 9.17) is 0 Å². The van der Waals surface area contributed by atoms with E-state index in [-0.39, 0.29) is 0 Å². The summed E-state index contributed by atoms with van der Waals surface area (Å²) in [5, 5.41) is 9.32. The maximum Gasteiger partial charge on any atom is 0.115 e. The van der Waals surface area contributed by atoms with Crippen LogP contribution in [0.4, 0.5) is 0 Å². The van der Waals surface area contributed by atoms with Gasteiger partial charge in [0.2, 0.25) is 0 Å². The highest BCUT2D eigenvalue weighted by Gasteiger charge is 2.31. The predicted octanol–water partition coefficient (Wildman–Crippen LogP) is 4.18. The molecule has 0 spiro atoms. The Labute approximate surface area is 98.5 Å². The third-order valence-corrected chi connectivity index (χ3v) is 4.28. The Kier molecular flexibility index (Phi) is 3.22. The van der Waals surface area contributed by atoms with Crippen LogP contribution in [0.2, 0.25) is 0 Å². The first-order valence-corrected chi connectivity index (χ1v) is 6.37. The van der Waals surface area contributed by atoms with Crippen molar-refractivity contribution in [2.75, 3.05) is 0 Å². The van der Waals surface area contributed by atoms with Gasteiger partial charge in [-0.05, 0) is 54.2 Å². The van der Waals surface area contributed by atoms with E-state index in [1.807, 2.05) is 12.1 Å². The van der Waals surface area contributed by atoms with E-state index in [2.05, 4.69) is 32.9 Å². The minimum absolute atomic E-state index is 0.369. The number of hydrogen-bond acceptors (Lipinski definition) is 1. The number of aromatic hydroxyl groups is 1. The highest BCUT2D eigenvalue weighted by Crippen LogP contribution is 2.43. The van der Waals surface area contributed by atoms with Crippen LogP contribution in [0.15, 0.2) is 24.3 Å². The van der Waals surface area contributed by atoms with Gasteiger partial charge in [-0.3, -0.25) is 0 Å². The fourth-order valence-corrected chi connectivity index (χ4v) is 3.15. The Morgan fingerprint density at radius 1 is 1.00 bits per heavy atom. The van der Waals surface area contributed by atoms with Crippen molar-refractivity contribution in [1.29, 1.82) is 0 Å². The van der Waals surface area contributed by atoms with Gasteiger partial charge in [-0.25, -0.2) is 0 Å². The van der Waals surface area contributed by atoms with Gasteiger partial charge >= 0.3 is 0 Å². The van der Waals surface area contributed by atoms with Gasteiger partial charge < -0.3 is 5.11 Å². The van der Waals surface area contributed by atoms with Crippen LogP contribution in [-0.2, 0) is 0 Å². The van der Waals surface area contributed by atoms with Crippen molar-refractivity contribution in [3.8, 4) is 5.75 Å². The van der Waals surface area contributed by atoms with Crippen LogP contribution in [0.25, 0.3) is 0 Å². The van der Waals surface area contributed by atoms with E-state index in [1.165, 1.54) is 18.4 Å². The van der Waals surface area contributed by atoms with Crippen molar-refractivity contribution in [2.24, 2.45) is 17.8 Å². The van der Waals surface area contributed by atoms with Crippen molar-refractivity contribution in [1.82, 2.24) is 0 Å². The molecule has 1 heteroatoms. The van der Waals surface area contributed by atoms with Crippen LogP contribution in [0.3, 0.4) is 0 Å². The van der Waals surface area contributed by atoms with Crippen LogP contribution in [0.1, 0.15) is 45.1 Å². The summed E-state index contributed by atoms with van der Waals surface area (Å²) in [5.74, 6) is 3.42. The summed E-state index contributed by atoms with van der Waals surface area (Å²) in [6.07, 6.45) is 2.64. The Morgan fingerprint density at radius 3 is 2.25 bits per heavy atom. The third kappa shape index (κ3) is 2.23. The summed E-state index contributed by atoms with van der Waals surface area (Å²) in [4.78, 5) is 0. The lowest BCUT2D eigenvalue weighted by Crippen LogP contribution is -2.26. The Balaban J connectivity index is 2.21. The molecule has 1 nitrogen and oxygen atoms in total. The molecule has 0 heterocycles. The molecule has 1 aliphatic carbocycles. The first-order valence-electron chi connectivity index (χ1n) is 6.37. The molecule has 4 atom stereocenters. The maximum absolute atomic E-state index is 9.32. The van der Waals surface area contributed by atoms with E-state index < -0.39 is 0 Å². The van der Waals surface area contributed by atoms with E-state index in [9.17, 15) is 5.11 Å². The average Bonchev–Trinajstić information content (AvgIpc) is 2.25. The molecule has 1 saturated carbocycles. The molecule has 1 aromatic carbocycles. The zero-order valence-corrected chi connectivity index (χ0v) is 10.5. The van der Waals surface area contributed by atoms with Crippen LogP contribution in [-0.4, -0.2) is 5.11 Å². The Morgan fingerprint density at radius 2 is 1.62 bits per heavy atom. The van der Waals surface area contributed by atoms with Crippen LogP contribution in [0.5, 0.6) is 5.75 Å². The first kappa shape index (κ1) is 11.5. The van der Waals surface area contributed by atoms with Crippen molar-refractivity contribution in [2.45, 2.75) is 39.5 Å². The summed E-state index contributed by atoms with van der Waals surface area (Å²) in [5.41, 5.74) is 1.39. The van der Waals surface area contributed by atoms with Crippen molar-refractivity contribution in [3.63, 3.8) is 0 Å². The molecule has 0 radical (unpaired) electrons. The summed E-state index contributed by atoms with van der Waals surface area (Å²) in [7, 11) is 0. The molecule has 1 aromatic rings. The van der Waals surface area contributed by atoms with Crippen molar-refractivity contribution in [3.05, 3.63) is 29.8 Å². The Bertz CT molecular complexity index is 341. The van der Waals surface area contributed by atoms with Gasteiger partial charge in [-0.1, -0.05) is 32.9 Å². The quantitative estimate of drug-likeness (QED) is 0.749. The molecule has 0 amide bonds. The van der Waals surface area contributed by atoms with Gasteiger partial charge in [0.05, 0.1) is 0 Å². The van der Waals surface area contributed by atoms with Crippen LogP contribution >= 0.6 is 0 Å². The SMILES string of the molecule is CC1CC(C)C(C)C(c2ccc(O)cc2)C1. The van der Waals surface area contributed by atoms with Gasteiger partial charge in [0.25, 0.3) is 0 Å². The molecule has 1 fully saturated rings. The number of hydrogen-bond donors (Lipinski definition) is 1. The minimum Gasteiger partial charge on any atom is -0.508 e. The first-order chi connectivity index (χ1) is 7.58. The average molecular weight is 218 g/mol. The van der Waals surface area contributed by atoms with E-state index in [0.29, 0.717) is 11.7 Å². The molecule has 16 heavy (non-hydrogen) atoms. The topological polar surface area (TPSA) is 20.2 Å². The molecule has 0 saturated heterocycles. The second-order valence-corrected chi connectivity index (χ2v) is 5.61. The van der Waals surface area contributed by atoms with Crippen molar-refractivity contribution >= 4 is 0 Å². The molecule has 2 rings (SSSR count). The lowest BCUT2D eigenvalue weighted by Gasteiger charge is -2.38. The van der Waals surface area contributed by atoms with Gasteiger partial charge in [-0.2, -0.15) is 0 Å². The fourth-order valence-electron chi connectivity index (χ4n) is 3.15. The highest BCUT2D eigenvalue weighted by atomic mass is 16.3. The Hall–Kier alpha value is -0.980. The number of phenolic OH excluding ortho intramolecular Hbond substituents is 1. The molecule has 0 bridgehead atoms. The standard InChI is InChI=1S/C15H22O/c1-10-8-11(2)12(3)15(9-10)13-4-6-14(16)7-5-13/h4-7,10-12,15-16H,8-9H2,1-3H3. The normalized spacial score (nSPS) is 34.9. The van der Waals surface area contributed by atoms with E-state index in [0.717, 1.165) is 17.8 Å². The molecular weight excluding hydrogens is 196 g/mol. The number of benzene rings is 1. The molecule has 1 N–H and O–H groups in total. The minimum atomic E-state index is 0.369. The summed E-state index contributed by atoms with van der Waals surface area (Å²) in [6, 6.07) is 7.79. The largest absolute Gasteiger partial charge is 0.508 e. The van der Waals surface area contributed by atoms with Crippen molar-refractivity contribution < 1.29 is 5.11 Å². The smallest absolute Gasteiger partial charge is 0.115 e. The molecular formula is C15H22O. The zero-order valence-electron chi connectivity index (χ0n) is 10.5. The van der Waals surface area contributed by atoms with Crippen LogP contribution < -0.4 is 0 Å². The fraction of sp³-hybridized carbons (Fsp3) is 0.600. The molecule has 1 aliphatic rings. The summed E-state index contributed by atoms with van der Waals surface area (Å²) < 4.78 is 0. The molecule has 4 unspecified atom stereocenters. The van der Waals surface area contributed by atoms with Gasteiger partial charge in [-0.15, -0.1) is 0 Å². The van der Waals surface area contributed by atoms with E-state index >= 15 is 0 Å². The molecule has 88 valence electrons. The van der Waals surface area contributed by atoms with E-state index in [1.54, 1.807) is 0 Å². The molecule has 0 aliphatic heterocycles. The summed E-state index contributed by atoms with van der Waals surface area (Å²) in [6.45, 7) is 7.09. The van der Waals surface area contributed by atoms with Crippen LogP contribution in [0, 0.1) is 17.8 Å². The van der Waals surface area contributed by atoms with Gasteiger partial charge in [0.15, 0.2) is 0 Å². The lowest BCUT2D eigenvalue weighted by atomic mass is 9.67. The second-order valence-electron chi connectivity index (χ2n) is 5.61. The molecule has 0 aromatic heterocycles. The van der Waals surface area contributed by atoms with Gasteiger partial charge in [0, 0.05) is 0 Å². The number of rotatable bonds is 1. The second kappa shape index (κ2) is 4.48.